The molecule has 20 heavy (non-hydrogen) atoms. The zero-order valence-electron chi connectivity index (χ0n) is 11.7. The SMILES string of the molecule is O=C(CCC1CCCC1)NCc1cc2ccccn2n1. The summed E-state index contributed by atoms with van der Waals surface area (Å²) < 4.78 is 1.83. The first-order chi connectivity index (χ1) is 9.81. The van der Waals surface area contributed by atoms with E-state index in [-0.39, 0.29) is 5.91 Å². The van der Waals surface area contributed by atoms with Gasteiger partial charge in [-0.25, -0.2) is 4.52 Å². The summed E-state index contributed by atoms with van der Waals surface area (Å²) in [5.41, 5.74) is 1.97. The van der Waals surface area contributed by atoms with Gasteiger partial charge >= 0.3 is 0 Å². The summed E-state index contributed by atoms with van der Waals surface area (Å²) in [5.74, 6) is 0.921. The number of carbonyl (C=O) groups excluding carboxylic acids is 1. The Balaban J connectivity index is 1.47. The molecule has 0 spiro atoms. The summed E-state index contributed by atoms with van der Waals surface area (Å²) in [6.07, 6.45) is 8.90. The Morgan fingerprint density at radius 3 is 3.00 bits per heavy atom. The molecular weight excluding hydrogens is 250 g/mol. The lowest BCUT2D eigenvalue weighted by molar-refractivity contribution is -0.121. The highest BCUT2D eigenvalue weighted by Crippen LogP contribution is 2.28. The number of aromatic nitrogens is 2. The molecule has 4 heteroatoms. The van der Waals surface area contributed by atoms with Crippen molar-refractivity contribution in [1.29, 1.82) is 0 Å². The van der Waals surface area contributed by atoms with Crippen LogP contribution in [0.25, 0.3) is 5.52 Å². The van der Waals surface area contributed by atoms with Crippen LogP contribution in [0.15, 0.2) is 30.5 Å². The Kier molecular flexibility index (Phi) is 4.00. The van der Waals surface area contributed by atoms with Crippen LogP contribution < -0.4 is 5.32 Å². The summed E-state index contributed by atoms with van der Waals surface area (Å²) in [5, 5.41) is 7.39. The van der Waals surface area contributed by atoms with Crippen molar-refractivity contribution < 1.29 is 4.79 Å². The van der Waals surface area contributed by atoms with Crippen molar-refractivity contribution in [2.45, 2.75) is 45.1 Å². The molecule has 2 aromatic heterocycles. The number of nitrogens with zero attached hydrogens (tertiary/aromatic N) is 2. The molecule has 0 aliphatic heterocycles. The normalized spacial score (nSPS) is 15.8. The number of hydrogen-bond acceptors (Lipinski definition) is 2. The first kappa shape index (κ1) is 13.2. The summed E-state index contributed by atoms with van der Waals surface area (Å²) >= 11 is 0. The predicted octanol–water partition coefficient (Wildman–Crippen LogP) is 2.92. The molecule has 0 bridgehead atoms. The summed E-state index contributed by atoms with van der Waals surface area (Å²) in [6, 6.07) is 7.96. The number of rotatable bonds is 5. The van der Waals surface area contributed by atoms with E-state index >= 15 is 0 Å². The van der Waals surface area contributed by atoms with E-state index in [2.05, 4.69) is 10.4 Å². The first-order valence-electron chi connectivity index (χ1n) is 7.51. The highest BCUT2D eigenvalue weighted by molar-refractivity contribution is 5.75. The molecule has 3 rings (SSSR count). The number of amides is 1. The molecule has 1 aliphatic carbocycles. The zero-order chi connectivity index (χ0) is 13.8. The third-order valence-corrected chi connectivity index (χ3v) is 4.14. The minimum Gasteiger partial charge on any atom is -0.350 e. The van der Waals surface area contributed by atoms with Gasteiger partial charge in [0.15, 0.2) is 0 Å². The van der Waals surface area contributed by atoms with Crippen LogP contribution in [-0.4, -0.2) is 15.5 Å². The number of nitrogens with one attached hydrogen (secondary N) is 1. The van der Waals surface area contributed by atoms with Gasteiger partial charge in [0.05, 0.1) is 17.8 Å². The highest BCUT2D eigenvalue weighted by Gasteiger charge is 2.16. The van der Waals surface area contributed by atoms with Gasteiger partial charge in [-0.3, -0.25) is 4.79 Å². The van der Waals surface area contributed by atoms with Crippen LogP contribution >= 0.6 is 0 Å². The number of hydrogen-bond donors (Lipinski definition) is 1. The van der Waals surface area contributed by atoms with E-state index in [9.17, 15) is 4.79 Å². The van der Waals surface area contributed by atoms with E-state index in [0.717, 1.165) is 23.5 Å². The van der Waals surface area contributed by atoms with Gasteiger partial charge in [-0.05, 0) is 30.5 Å². The van der Waals surface area contributed by atoms with Gasteiger partial charge in [-0.1, -0.05) is 31.7 Å². The lowest BCUT2D eigenvalue weighted by atomic mass is 10.0. The topological polar surface area (TPSA) is 46.4 Å². The maximum Gasteiger partial charge on any atom is 0.220 e. The van der Waals surface area contributed by atoms with Gasteiger partial charge in [0.25, 0.3) is 0 Å². The summed E-state index contributed by atoms with van der Waals surface area (Å²) in [7, 11) is 0. The fourth-order valence-corrected chi connectivity index (χ4v) is 2.99. The molecule has 2 aromatic rings. The standard InChI is InChI=1S/C16H21N3O/c20-16(9-8-13-5-1-2-6-13)17-12-14-11-15-7-3-4-10-19(15)18-14/h3-4,7,10-11,13H,1-2,5-6,8-9,12H2,(H,17,20). The minimum absolute atomic E-state index is 0.147. The van der Waals surface area contributed by atoms with E-state index in [1.54, 1.807) is 0 Å². The van der Waals surface area contributed by atoms with Crippen molar-refractivity contribution in [2.24, 2.45) is 5.92 Å². The minimum atomic E-state index is 0.147. The Morgan fingerprint density at radius 2 is 2.20 bits per heavy atom. The molecule has 0 radical (unpaired) electrons. The second-order valence-corrected chi connectivity index (χ2v) is 5.67. The van der Waals surface area contributed by atoms with Crippen LogP contribution in [0.2, 0.25) is 0 Å². The Morgan fingerprint density at radius 1 is 1.35 bits per heavy atom. The van der Waals surface area contributed by atoms with Crippen LogP contribution in [0.3, 0.4) is 0 Å². The molecular formula is C16H21N3O. The third kappa shape index (κ3) is 3.18. The fourth-order valence-electron chi connectivity index (χ4n) is 2.99. The van der Waals surface area contributed by atoms with Crippen molar-refractivity contribution in [3.8, 4) is 0 Å². The average Bonchev–Trinajstić information content (AvgIpc) is 3.11. The maximum absolute atomic E-state index is 11.8. The molecule has 1 N–H and O–H groups in total. The van der Waals surface area contributed by atoms with Gasteiger partial charge in [-0.2, -0.15) is 5.10 Å². The van der Waals surface area contributed by atoms with Gasteiger partial charge < -0.3 is 5.32 Å². The monoisotopic (exact) mass is 271 g/mol. The zero-order valence-corrected chi connectivity index (χ0v) is 11.7. The average molecular weight is 271 g/mol. The molecule has 106 valence electrons. The van der Waals surface area contributed by atoms with Crippen LogP contribution in [0, 0.1) is 5.92 Å². The van der Waals surface area contributed by atoms with Crippen LogP contribution in [-0.2, 0) is 11.3 Å². The molecule has 1 amide bonds. The number of carbonyl (C=O) groups is 1. The number of fused-ring (bicyclic) bond motifs is 1. The highest BCUT2D eigenvalue weighted by atomic mass is 16.1. The van der Waals surface area contributed by atoms with Crippen molar-refractivity contribution in [3.63, 3.8) is 0 Å². The Hall–Kier alpha value is -1.84. The third-order valence-electron chi connectivity index (χ3n) is 4.14. The molecule has 0 atom stereocenters. The number of pyridine rings is 1. The Bertz CT molecular complexity index is 551. The van der Waals surface area contributed by atoms with Gasteiger partial charge in [-0.15, -0.1) is 0 Å². The first-order valence-corrected chi connectivity index (χ1v) is 7.51. The van der Waals surface area contributed by atoms with E-state index < -0.39 is 0 Å². The van der Waals surface area contributed by atoms with Gasteiger partial charge in [0.1, 0.15) is 0 Å². The Labute approximate surface area is 119 Å². The van der Waals surface area contributed by atoms with Crippen molar-refractivity contribution in [1.82, 2.24) is 14.9 Å². The molecule has 0 saturated heterocycles. The van der Waals surface area contributed by atoms with Crippen LogP contribution in [0.5, 0.6) is 0 Å². The molecule has 4 nitrogen and oxygen atoms in total. The molecule has 0 unspecified atom stereocenters. The van der Waals surface area contributed by atoms with E-state index in [1.165, 1.54) is 25.7 Å². The van der Waals surface area contributed by atoms with Crippen LogP contribution in [0.4, 0.5) is 0 Å². The lowest BCUT2D eigenvalue weighted by Crippen LogP contribution is -2.23. The molecule has 0 aromatic carbocycles. The van der Waals surface area contributed by atoms with Crippen LogP contribution in [0.1, 0.15) is 44.2 Å². The second-order valence-electron chi connectivity index (χ2n) is 5.67. The van der Waals surface area contributed by atoms with E-state index in [0.29, 0.717) is 13.0 Å². The van der Waals surface area contributed by atoms with Crippen molar-refractivity contribution >= 4 is 11.4 Å². The fraction of sp³-hybridized carbons (Fsp3) is 0.500. The molecule has 1 aliphatic rings. The second kappa shape index (κ2) is 6.07. The molecule has 1 fully saturated rings. The van der Waals surface area contributed by atoms with Gasteiger partial charge in [0, 0.05) is 12.6 Å². The maximum atomic E-state index is 11.8. The largest absolute Gasteiger partial charge is 0.350 e. The quantitative estimate of drug-likeness (QED) is 0.909. The summed E-state index contributed by atoms with van der Waals surface area (Å²) in [6.45, 7) is 0.519. The van der Waals surface area contributed by atoms with E-state index in [4.69, 9.17) is 0 Å². The predicted molar refractivity (Wildman–Crippen MR) is 78.2 cm³/mol. The lowest BCUT2D eigenvalue weighted by Gasteiger charge is -2.08. The van der Waals surface area contributed by atoms with Gasteiger partial charge in [0.2, 0.25) is 5.91 Å². The smallest absolute Gasteiger partial charge is 0.220 e. The van der Waals surface area contributed by atoms with E-state index in [1.807, 2.05) is 35.0 Å². The van der Waals surface area contributed by atoms with Crippen molar-refractivity contribution in [2.75, 3.05) is 0 Å². The van der Waals surface area contributed by atoms with Crippen molar-refractivity contribution in [3.05, 3.63) is 36.2 Å². The molecule has 1 saturated carbocycles. The molecule has 2 heterocycles. The summed E-state index contributed by atoms with van der Waals surface area (Å²) in [4.78, 5) is 11.8.